The van der Waals surface area contributed by atoms with Crippen molar-refractivity contribution >= 4 is 43.4 Å². The first-order valence-electron chi connectivity index (χ1n) is 19.8. The second-order valence-corrected chi connectivity index (χ2v) is 15.1. The minimum atomic E-state index is -0.631. The molecule has 0 aliphatic heterocycles. The van der Waals surface area contributed by atoms with E-state index in [9.17, 15) is 0 Å². The van der Waals surface area contributed by atoms with Gasteiger partial charge in [-0.1, -0.05) is 200 Å². The summed E-state index contributed by atoms with van der Waals surface area (Å²) in [4.78, 5) is 15.9. The van der Waals surface area contributed by atoms with Gasteiger partial charge in [-0.15, -0.1) is 0 Å². The largest absolute Gasteiger partial charge is 0.277 e. The molecular weight excluding hydrogens is 705 g/mol. The van der Waals surface area contributed by atoms with Crippen molar-refractivity contribution in [1.82, 2.24) is 19.5 Å². The lowest BCUT2D eigenvalue weighted by Crippen LogP contribution is -2.28. The van der Waals surface area contributed by atoms with Crippen LogP contribution in [-0.2, 0) is 5.41 Å². The van der Waals surface area contributed by atoms with Gasteiger partial charge in [-0.05, 0) is 55.4 Å². The lowest BCUT2D eigenvalue weighted by molar-refractivity contribution is 0.775. The van der Waals surface area contributed by atoms with E-state index in [1.165, 1.54) is 60.3 Å². The molecular formula is C54H34N4. The van der Waals surface area contributed by atoms with Gasteiger partial charge in [0.15, 0.2) is 11.6 Å². The normalized spacial score (nSPS) is 13.0. The molecule has 0 saturated heterocycles. The van der Waals surface area contributed by atoms with E-state index in [0.29, 0.717) is 17.6 Å². The van der Waals surface area contributed by atoms with Crippen molar-refractivity contribution in [3.63, 3.8) is 0 Å². The zero-order chi connectivity index (χ0) is 38.2. The molecule has 4 nitrogen and oxygen atoms in total. The highest BCUT2D eigenvalue weighted by atomic mass is 15.2. The fourth-order valence-corrected chi connectivity index (χ4v) is 9.79. The van der Waals surface area contributed by atoms with Gasteiger partial charge < -0.3 is 0 Å². The topological polar surface area (TPSA) is 43.6 Å². The Morgan fingerprint density at radius 1 is 0.397 bits per heavy atom. The molecule has 270 valence electrons. The van der Waals surface area contributed by atoms with Gasteiger partial charge in [-0.25, -0.2) is 4.98 Å². The van der Waals surface area contributed by atoms with E-state index in [1.54, 1.807) is 0 Å². The molecule has 0 unspecified atom stereocenters. The van der Waals surface area contributed by atoms with Gasteiger partial charge in [0.05, 0.1) is 16.4 Å². The molecule has 0 atom stereocenters. The van der Waals surface area contributed by atoms with Crippen LogP contribution in [0.15, 0.2) is 206 Å². The summed E-state index contributed by atoms with van der Waals surface area (Å²) in [5.74, 6) is 1.83. The van der Waals surface area contributed by atoms with Crippen molar-refractivity contribution in [2.75, 3.05) is 0 Å². The van der Waals surface area contributed by atoms with E-state index in [2.05, 4.69) is 174 Å². The van der Waals surface area contributed by atoms with Crippen LogP contribution >= 0.6 is 0 Å². The highest BCUT2D eigenvalue weighted by molar-refractivity contribution is 6.33. The van der Waals surface area contributed by atoms with Gasteiger partial charge >= 0.3 is 0 Å². The number of hydrogen-bond donors (Lipinski definition) is 0. The Morgan fingerprint density at radius 3 is 1.59 bits per heavy atom. The maximum Gasteiger partial charge on any atom is 0.238 e. The minimum absolute atomic E-state index is 0.579. The third-order valence-electron chi connectivity index (χ3n) is 12.1. The van der Waals surface area contributed by atoms with Gasteiger partial charge in [0.1, 0.15) is 0 Å². The highest BCUT2D eigenvalue weighted by Gasteiger charge is 2.49. The molecule has 2 heterocycles. The number of benzene rings is 9. The second kappa shape index (κ2) is 12.7. The van der Waals surface area contributed by atoms with E-state index in [-0.39, 0.29) is 0 Å². The smallest absolute Gasteiger partial charge is 0.238 e. The first kappa shape index (κ1) is 32.5. The summed E-state index contributed by atoms with van der Waals surface area (Å²) in [5.41, 5.74) is 10.7. The molecule has 0 amide bonds. The molecule has 0 N–H and O–H groups in total. The van der Waals surface area contributed by atoms with E-state index in [1.807, 2.05) is 36.4 Å². The van der Waals surface area contributed by atoms with Crippen molar-refractivity contribution in [3.8, 4) is 39.9 Å². The van der Waals surface area contributed by atoms with Gasteiger partial charge in [0.2, 0.25) is 5.95 Å². The first-order valence-corrected chi connectivity index (χ1v) is 19.8. The Bertz CT molecular complexity index is 3280. The predicted molar refractivity (Wildman–Crippen MR) is 237 cm³/mol. The van der Waals surface area contributed by atoms with Gasteiger partial charge in [-0.3, -0.25) is 4.57 Å². The van der Waals surface area contributed by atoms with Crippen LogP contribution in [0.1, 0.15) is 22.3 Å². The van der Waals surface area contributed by atoms with Crippen molar-refractivity contribution in [1.29, 1.82) is 0 Å². The van der Waals surface area contributed by atoms with Crippen LogP contribution in [0.2, 0.25) is 0 Å². The first-order chi connectivity index (χ1) is 28.8. The Kier molecular flexibility index (Phi) is 7.11. The summed E-state index contributed by atoms with van der Waals surface area (Å²) in [7, 11) is 0. The highest BCUT2D eigenvalue weighted by Crippen LogP contribution is 2.61. The van der Waals surface area contributed by atoms with Crippen molar-refractivity contribution in [3.05, 3.63) is 229 Å². The van der Waals surface area contributed by atoms with Crippen LogP contribution in [-0.4, -0.2) is 19.5 Å². The monoisotopic (exact) mass is 738 g/mol. The number of aromatic nitrogens is 4. The lowest BCUT2D eigenvalue weighted by Gasteiger charge is -2.35. The number of hydrogen-bond acceptors (Lipinski definition) is 3. The van der Waals surface area contributed by atoms with Crippen LogP contribution in [0.4, 0.5) is 0 Å². The molecule has 58 heavy (non-hydrogen) atoms. The van der Waals surface area contributed by atoms with Crippen LogP contribution in [0.5, 0.6) is 0 Å². The zero-order valence-electron chi connectivity index (χ0n) is 31.4. The van der Waals surface area contributed by atoms with Crippen molar-refractivity contribution in [2.24, 2.45) is 0 Å². The fraction of sp³-hybridized carbons (Fsp3) is 0.0185. The van der Waals surface area contributed by atoms with Gasteiger partial charge in [0.25, 0.3) is 0 Å². The molecule has 0 bridgehead atoms. The molecule has 0 radical (unpaired) electrons. The molecule has 0 fully saturated rings. The van der Waals surface area contributed by atoms with E-state index < -0.39 is 5.41 Å². The van der Waals surface area contributed by atoms with Crippen molar-refractivity contribution < 1.29 is 0 Å². The summed E-state index contributed by atoms with van der Waals surface area (Å²) in [5, 5.41) is 7.22. The number of nitrogens with zero attached hydrogens (tertiary/aromatic N) is 4. The molecule has 0 spiro atoms. The molecule has 12 rings (SSSR count). The van der Waals surface area contributed by atoms with Gasteiger partial charge in [-0.2, -0.15) is 9.97 Å². The zero-order valence-corrected chi connectivity index (χ0v) is 31.4. The molecule has 11 aromatic rings. The SMILES string of the molecule is c1ccc(-c2nc(-c3ccccc3)nc(-n3c4ccccc4c4c5c(ccc6ccccc65)c5c(c43)-c3ccccc3C5(c3ccccc3)c3ccccc3)n2)cc1. The lowest BCUT2D eigenvalue weighted by atomic mass is 9.66. The Hall–Kier alpha value is -7.69. The maximum atomic E-state index is 5.39. The Balaban J connectivity index is 1.36. The average molecular weight is 739 g/mol. The number of rotatable bonds is 5. The molecule has 4 heteroatoms. The summed E-state index contributed by atoms with van der Waals surface area (Å²) < 4.78 is 2.33. The standard InChI is InChI=1S/C54H34N4/c1-5-20-36(21-6-1)51-55-52(37-22-7-2-8-23-37)57-53(56-51)58-45-32-18-16-30-42(45)47-46-40-28-14-13-19-35(40)33-34-43(46)49-48(50(47)58)41-29-15-17-31-44(41)54(49,38-24-9-3-10-25-38)39-26-11-4-12-27-39/h1-34H. The minimum Gasteiger partial charge on any atom is -0.277 e. The van der Waals surface area contributed by atoms with Crippen molar-refractivity contribution in [2.45, 2.75) is 5.41 Å². The molecule has 1 aliphatic carbocycles. The maximum absolute atomic E-state index is 5.39. The average Bonchev–Trinajstić information content (AvgIpc) is 3.82. The number of para-hydroxylation sites is 1. The van der Waals surface area contributed by atoms with E-state index in [0.717, 1.165) is 27.5 Å². The summed E-state index contributed by atoms with van der Waals surface area (Å²) in [6.07, 6.45) is 0. The quantitative estimate of drug-likeness (QED) is 0.165. The summed E-state index contributed by atoms with van der Waals surface area (Å²) in [6.45, 7) is 0. The molecule has 1 aliphatic rings. The number of fused-ring (bicyclic) bond motifs is 12. The second-order valence-electron chi connectivity index (χ2n) is 15.1. The Labute approximate surface area is 335 Å². The van der Waals surface area contributed by atoms with Crippen LogP contribution in [0, 0.1) is 0 Å². The van der Waals surface area contributed by atoms with Crippen LogP contribution < -0.4 is 0 Å². The molecule has 0 saturated carbocycles. The van der Waals surface area contributed by atoms with E-state index in [4.69, 9.17) is 15.0 Å². The predicted octanol–water partition coefficient (Wildman–Crippen LogP) is 13.0. The fourth-order valence-electron chi connectivity index (χ4n) is 9.79. The Morgan fingerprint density at radius 2 is 0.931 bits per heavy atom. The molecule has 9 aromatic carbocycles. The molecule has 2 aromatic heterocycles. The summed E-state index contributed by atoms with van der Waals surface area (Å²) >= 11 is 0. The van der Waals surface area contributed by atoms with Crippen LogP contribution in [0.25, 0.3) is 83.2 Å². The summed E-state index contributed by atoms with van der Waals surface area (Å²) in [6, 6.07) is 73.9. The van der Waals surface area contributed by atoms with E-state index >= 15 is 0 Å². The van der Waals surface area contributed by atoms with Crippen LogP contribution in [0.3, 0.4) is 0 Å². The van der Waals surface area contributed by atoms with Gasteiger partial charge in [0, 0.05) is 27.5 Å². The third kappa shape index (κ3) is 4.54. The third-order valence-corrected chi connectivity index (χ3v) is 12.1.